The van der Waals surface area contributed by atoms with Gasteiger partial charge in [0.2, 0.25) is 0 Å². The van der Waals surface area contributed by atoms with Gasteiger partial charge in [-0.3, -0.25) is 19.7 Å². The molecule has 10 rings (SSSR count). The van der Waals surface area contributed by atoms with Crippen LogP contribution in [-0.4, -0.2) is 97.7 Å². The van der Waals surface area contributed by atoms with E-state index in [0.717, 1.165) is 93.2 Å². The molecular weight excluding hydrogens is 965 g/mol. The van der Waals surface area contributed by atoms with Crippen molar-refractivity contribution < 1.29 is 50.9 Å². The van der Waals surface area contributed by atoms with E-state index in [-0.39, 0.29) is 64.8 Å². The molecule has 3 aromatic heterocycles. The molecule has 18 heteroatoms. The van der Waals surface area contributed by atoms with Crippen LogP contribution in [0.2, 0.25) is 0 Å². The summed E-state index contributed by atoms with van der Waals surface area (Å²) < 4.78 is 84.0. The van der Waals surface area contributed by atoms with Crippen LogP contribution in [0.15, 0.2) is 79.3 Å². The molecule has 6 fully saturated rings. The zero-order valence-corrected chi connectivity index (χ0v) is 42.4. The van der Waals surface area contributed by atoms with Crippen molar-refractivity contribution in [2.45, 2.75) is 194 Å². The van der Waals surface area contributed by atoms with E-state index in [1.807, 2.05) is 6.07 Å². The van der Waals surface area contributed by atoms with Crippen LogP contribution in [0.5, 0.6) is 0 Å². The summed E-state index contributed by atoms with van der Waals surface area (Å²) in [5, 5.41) is 27.1. The largest absolute Gasteiger partial charge is 0.449 e. The lowest BCUT2D eigenvalue weighted by Crippen LogP contribution is -2.48. The molecule has 74 heavy (non-hydrogen) atoms. The molecule has 0 bridgehead atoms. The number of carbonyl (C=O) groups is 2. The van der Waals surface area contributed by atoms with Crippen molar-refractivity contribution in [3.63, 3.8) is 0 Å². The van der Waals surface area contributed by atoms with Gasteiger partial charge in [0.25, 0.3) is 5.91 Å². The van der Waals surface area contributed by atoms with Crippen LogP contribution in [-0.2, 0) is 26.6 Å². The van der Waals surface area contributed by atoms with Crippen molar-refractivity contribution in [3.05, 3.63) is 125 Å². The van der Waals surface area contributed by atoms with Crippen molar-refractivity contribution in [2.24, 2.45) is 5.73 Å². The number of aliphatic hydroxyl groups excluding tert-OH is 1. The highest BCUT2D eigenvalue weighted by atomic mass is 19.4. The number of amides is 2. The van der Waals surface area contributed by atoms with Gasteiger partial charge in [0.15, 0.2) is 5.60 Å². The summed E-state index contributed by atoms with van der Waals surface area (Å²) in [6, 6.07) is 16.9. The highest BCUT2D eigenvalue weighted by molar-refractivity contribution is 5.95. The van der Waals surface area contributed by atoms with E-state index in [1.165, 1.54) is 81.3 Å². The van der Waals surface area contributed by atoms with Crippen molar-refractivity contribution in [2.75, 3.05) is 13.2 Å². The highest BCUT2D eigenvalue weighted by Crippen LogP contribution is 2.45. The number of benzene rings is 1. The lowest BCUT2D eigenvalue weighted by molar-refractivity contribution is -0.258. The maximum atomic E-state index is 13.5. The minimum absolute atomic E-state index is 0.0222. The van der Waals surface area contributed by atoms with Gasteiger partial charge in [-0.15, -0.1) is 0 Å². The number of aliphatic hydroxyl groups is 2. The summed E-state index contributed by atoms with van der Waals surface area (Å²) in [4.78, 5) is 39.3. The Morgan fingerprint density at radius 3 is 1.46 bits per heavy atom. The fraction of sp³-hybridized carbons (Fsp3) is 0.589. The molecule has 0 aliphatic heterocycles. The van der Waals surface area contributed by atoms with Gasteiger partial charge < -0.3 is 36.2 Å². The minimum Gasteiger partial charge on any atom is -0.449 e. The smallest absolute Gasteiger partial charge is 0.421 e. The number of alkyl halides is 3. The zero-order valence-electron chi connectivity index (χ0n) is 42.4. The van der Waals surface area contributed by atoms with Crippen LogP contribution in [0.1, 0.15) is 162 Å². The van der Waals surface area contributed by atoms with E-state index in [1.54, 1.807) is 17.0 Å². The number of nitrogens with one attached hydrogen (secondary N) is 2. The molecule has 0 radical (unpaired) electrons. The molecule has 6 saturated carbocycles. The number of halogens is 6. The van der Waals surface area contributed by atoms with Gasteiger partial charge in [-0.25, -0.2) is 18.0 Å². The monoisotopic (exact) mass is 1040 g/mol. The van der Waals surface area contributed by atoms with E-state index in [0.29, 0.717) is 50.4 Å². The molecule has 3 heterocycles. The second kappa shape index (κ2) is 23.0. The van der Waals surface area contributed by atoms with Gasteiger partial charge in [-0.2, -0.15) is 13.2 Å². The van der Waals surface area contributed by atoms with Crippen LogP contribution in [0.3, 0.4) is 0 Å². The van der Waals surface area contributed by atoms with Gasteiger partial charge in [0, 0.05) is 69.4 Å². The molecule has 402 valence electrons. The fourth-order valence-corrected chi connectivity index (χ4v) is 11.1. The third-order valence-corrected chi connectivity index (χ3v) is 16.5. The molecule has 1 atom stereocenters. The van der Waals surface area contributed by atoms with Crippen LogP contribution in [0.25, 0.3) is 0 Å². The Kier molecular flexibility index (Phi) is 17.1. The SMILES string of the molecule is CC1(c2ccc(F)cn2)CCC(NC2CC2)CC1.C[C@](O)(c1ccc(C(=O)N(C2CC2)C2CCC(COC(N)=O)(c3ccc(F)cn3)CC2)cc1)C(F)(F)F.OCC1(c2ccc(F)cn2)CCC(NC2CC2)CC1. The first-order valence-electron chi connectivity index (χ1n) is 26.4. The van der Waals surface area contributed by atoms with E-state index >= 15 is 0 Å². The fourth-order valence-electron chi connectivity index (χ4n) is 11.1. The molecule has 0 saturated heterocycles. The highest BCUT2D eigenvalue weighted by Gasteiger charge is 2.51. The third kappa shape index (κ3) is 13.6. The Morgan fingerprint density at radius 1 is 0.635 bits per heavy atom. The summed E-state index contributed by atoms with van der Waals surface area (Å²) >= 11 is 0. The first-order chi connectivity index (χ1) is 35.2. The predicted octanol–water partition coefficient (Wildman–Crippen LogP) is 9.89. The first kappa shape index (κ1) is 55.1. The van der Waals surface area contributed by atoms with E-state index in [4.69, 9.17) is 10.5 Å². The molecule has 4 aromatic rings. The topological polar surface area (TPSA) is 176 Å². The summed E-state index contributed by atoms with van der Waals surface area (Å²) in [5.74, 6) is -1.34. The van der Waals surface area contributed by atoms with Gasteiger partial charge in [0.1, 0.15) is 24.1 Å². The van der Waals surface area contributed by atoms with Crippen LogP contribution >= 0.6 is 0 Å². The number of nitrogens with zero attached hydrogens (tertiary/aromatic N) is 4. The number of nitrogens with two attached hydrogens (primary N) is 1. The normalized spacial score (nSPS) is 27.8. The average Bonchev–Trinajstić information content (AvgIpc) is 4.24. The number of pyridine rings is 3. The molecule has 12 nitrogen and oxygen atoms in total. The number of hydrogen-bond acceptors (Lipinski definition) is 10. The van der Waals surface area contributed by atoms with E-state index in [9.17, 15) is 46.1 Å². The Hall–Kier alpha value is -5.17. The van der Waals surface area contributed by atoms with E-state index in [2.05, 4.69) is 32.5 Å². The number of ether oxygens (including phenoxy) is 1. The second-order valence-corrected chi connectivity index (χ2v) is 22.2. The Morgan fingerprint density at radius 2 is 1.05 bits per heavy atom. The van der Waals surface area contributed by atoms with Gasteiger partial charge in [-0.1, -0.05) is 19.1 Å². The Labute approximate surface area is 429 Å². The number of hydrogen-bond donors (Lipinski definition) is 5. The maximum Gasteiger partial charge on any atom is 0.421 e. The van der Waals surface area contributed by atoms with Crippen molar-refractivity contribution >= 4 is 12.0 Å². The van der Waals surface area contributed by atoms with Gasteiger partial charge in [-0.05, 0) is 177 Å². The van der Waals surface area contributed by atoms with Gasteiger partial charge >= 0.3 is 12.3 Å². The minimum atomic E-state index is -4.86. The molecule has 0 unspecified atom stereocenters. The second-order valence-electron chi connectivity index (χ2n) is 22.2. The molecule has 6 aliphatic rings. The molecule has 2 amide bonds. The number of primary amides is 1. The standard InChI is InChI=1S/C26H29F4N3O4.C15H21FN2O.C15H21FN2/c1-24(36,26(28,29)30)17-4-2-16(3-5-17)22(34)33(19-7-8-19)20-10-12-25(13-11-20,15-37-23(31)35)21-9-6-18(27)14-32-21;16-11-1-4-14(17-9-11)15(10-19)7-5-13(6-8-15)18-12-2-3-12;1-15(14-5-2-11(16)10-17-14)8-6-13(7-9-15)18-12-3-4-12/h2-6,9,14,19-20,36H,7-8,10-13,15H2,1H3,(H2,31,35);1,4,9,12-13,18-19H,2-3,5-8,10H2;2,5,10,12-13,18H,3-4,6-9H2,1H3/t20?,24-,25?;;/m0../s1. The molecule has 1 aromatic carbocycles. The molecular formula is C56H71F6N7O5. The van der Waals surface area contributed by atoms with Crippen LogP contribution in [0.4, 0.5) is 31.1 Å². The average molecular weight is 1040 g/mol. The van der Waals surface area contributed by atoms with Crippen molar-refractivity contribution in [1.82, 2.24) is 30.5 Å². The molecule has 6 aliphatic carbocycles. The van der Waals surface area contributed by atoms with Crippen LogP contribution < -0.4 is 16.4 Å². The van der Waals surface area contributed by atoms with Gasteiger partial charge in [0.05, 0.1) is 30.9 Å². The maximum absolute atomic E-state index is 13.5. The Bertz CT molecular complexity index is 2460. The summed E-state index contributed by atoms with van der Waals surface area (Å²) in [6.07, 6.45) is 15.7. The summed E-state index contributed by atoms with van der Waals surface area (Å²) in [5.41, 5.74) is 3.69. The predicted molar refractivity (Wildman–Crippen MR) is 266 cm³/mol. The first-order valence-corrected chi connectivity index (χ1v) is 26.4. The summed E-state index contributed by atoms with van der Waals surface area (Å²) in [7, 11) is 0. The molecule has 6 N–H and O–H groups in total. The quantitative estimate of drug-likeness (QED) is 0.0765. The molecule has 0 spiro atoms. The van der Waals surface area contributed by atoms with Crippen molar-refractivity contribution in [1.29, 1.82) is 0 Å². The lowest BCUT2D eigenvalue weighted by atomic mass is 9.70. The number of aromatic nitrogens is 3. The van der Waals surface area contributed by atoms with E-state index < -0.39 is 29.1 Å². The zero-order chi connectivity index (χ0) is 52.9. The summed E-state index contributed by atoms with van der Waals surface area (Å²) in [6.45, 7) is 3.01. The van der Waals surface area contributed by atoms with Crippen molar-refractivity contribution in [3.8, 4) is 0 Å². The Balaban J connectivity index is 0.000000164. The van der Waals surface area contributed by atoms with Crippen LogP contribution in [0, 0.1) is 17.5 Å². The lowest BCUT2D eigenvalue weighted by Gasteiger charge is -2.43. The third-order valence-electron chi connectivity index (χ3n) is 16.5. The number of rotatable bonds is 14. The number of carbonyl (C=O) groups excluding carboxylic acids is 2.